The van der Waals surface area contributed by atoms with Gasteiger partial charge >= 0.3 is 17.9 Å². The van der Waals surface area contributed by atoms with E-state index in [1.807, 2.05) is 6.92 Å². The Morgan fingerprint density at radius 1 is 1.35 bits per heavy atom. The van der Waals surface area contributed by atoms with Crippen LogP contribution in [0.25, 0.3) is 0 Å². The quantitative estimate of drug-likeness (QED) is 0.557. The van der Waals surface area contributed by atoms with Crippen molar-refractivity contribution in [3.63, 3.8) is 0 Å². The molecule has 6 heteroatoms. The number of rotatable bonds is 4. The smallest absolute Gasteiger partial charge is 0.310 e. The van der Waals surface area contributed by atoms with Crippen molar-refractivity contribution in [2.75, 3.05) is 7.11 Å². The predicted octanol–water partition coefficient (Wildman–Crippen LogP) is 0.679. The largest absolute Gasteiger partial charge is 0.469 e. The Labute approximate surface area is 116 Å². The van der Waals surface area contributed by atoms with Gasteiger partial charge in [0.15, 0.2) is 0 Å². The summed E-state index contributed by atoms with van der Waals surface area (Å²) in [4.78, 5) is 35.5. The van der Waals surface area contributed by atoms with E-state index in [1.54, 1.807) is 0 Å². The van der Waals surface area contributed by atoms with Crippen molar-refractivity contribution in [3.05, 3.63) is 0 Å². The standard InChI is InChI=1S/C14H18O6/c1-3-4-8(15)19-11-6-5-7-10(9(6)13(16)18-2)14(17)20-12(7)11/h6-7,9-12H,3-5H2,1-2H3. The molecule has 0 radical (unpaired) electrons. The molecular weight excluding hydrogens is 264 g/mol. The monoisotopic (exact) mass is 282 g/mol. The third-order valence-electron chi connectivity index (χ3n) is 4.74. The summed E-state index contributed by atoms with van der Waals surface area (Å²) in [5.74, 6) is -2.18. The van der Waals surface area contributed by atoms with Crippen LogP contribution in [0.15, 0.2) is 0 Å². The highest BCUT2D eigenvalue weighted by atomic mass is 16.6. The number of carbonyl (C=O) groups is 3. The maximum Gasteiger partial charge on any atom is 0.310 e. The van der Waals surface area contributed by atoms with Crippen molar-refractivity contribution in [1.29, 1.82) is 0 Å². The Kier molecular flexibility index (Phi) is 3.18. The zero-order chi connectivity index (χ0) is 14.4. The molecule has 2 aliphatic carbocycles. The summed E-state index contributed by atoms with van der Waals surface area (Å²) in [5.41, 5.74) is 0. The Hall–Kier alpha value is -1.59. The molecule has 6 atom stereocenters. The van der Waals surface area contributed by atoms with E-state index in [4.69, 9.17) is 14.2 Å². The number of ether oxygens (including phenoxy) is 3. The van der Waals surface area contributed by atoms with Crippen molar-refractivity contribution >= 4 is 17.9 Å². The predicted molar refractivity (Wildman–Crippen MR) is 65.3 cm³/mol. The molecule has 0 aromatic carbocycles. The lowest BCUT2D eigenvalue weighted by Gasteiger charge is -2.29. The molecule has 20 heavy (non-hydrogen) atoms. The van der Waals surface area contributed by atoms with Gasteiger partial charge in [-0.05, 0) is 12.8 Å². The van der Waals surface area contributed by atoms with Gasteiger partial charge in [-0.2, -0.15) is 0 Å². The van der Waals surface area contributed by atoms with E-state index >= 15 is 0 Å². The second-order valence-corrected chi connectivity index (χ2v) is 5.74. The molecule has 0 spiro atoms. The van der Waals surface area contributed by atoms with Gasteiger partial charge in [0.25, 0.3) is 0 Å². The molecular formula is C14H18O6. The lowest BCUT2D eigenvalue weighted by atomic mass is 9.78. The second kappa shape index (κ2) is 4.75. The normalized spacial score (nSPS) is 40.6. The van der Waals surface area contributed by atoms with E-state index in [-0.39, 0.29) is 29.9 Å². The molecule has 3 aliphatic rings. The van der Waals surface area contributed by atoms with Gasteiger partial charge in [0.2, 0.25) is 0 Å². The first-order chi connectivity index (χ1) is 9.58. The molecule has 0 aromatic rings. The van der Waals surface area contributed by atoms with Crippen LogP contribution in [0.3, 0.4) is 0 Å². The highest BCUT2D eigenvalue weighted by Gasteiger charge is 2.70. The van der Waals surface area contributed by atoms with Crippen LogP contribution in [0, 0.1) is 23.7 Å². The summed E-state index contributed by atoms with van der Waals surface area (Å²) in [7, 11) is 1.31. The Morgan fingerprint density at radius 3 is 2.75 bits per heavy atom. The third kappa shape index (κ3) is 1.73. The first-order valence-electron chi connectivity index (χ1n) is 7.06. The zero-order valence-electron chi connectivity index (χ0n) is 11.5. The van der Waals surface area contributed by atoms with Crippen LogP contribution in [0.1, 0.15) is 26.2 Å². The second-order valence-electron chi connectivity index (χ2n) is 5.74. The summed E-state index contributed by atoms with van der Waals surface area (Å²) in [5, 5.41) is 0. The number of methoxy groups -OCH3 is 1. The zero-order valence-corrected chi connectivity index (χ0v) is 11.5. The van der Waals surface area contributed by atoms with Gasteiger partial charge in [-0.25, -0.2) is 0 Å². The molecule has 110 valence electrons. The molecule has 2 saturated carbocycles. The number of hydrogen-bond donors (Lipinski definition) is 0. The average molecular weight is 282 g/mol. The first kappa shape index (κ1) is 13.4. The van der Waals surface area contributed by atoms with Gasteiger partial charge < -0.3 is 14.2 Å². The van der Waals surface area contributed by atoms with Crippen molar-refractivity contribution in [1.82, 2.24) is 0 Å². The van der Waals surface area contributed by atoms with Gasteiger partial charge in [-0.1, -0.05) is 6.92 Å². The number of fused-ring (bicyclic) bond motifs is 1. The molecule has 2 bridgehead atoms. The average Bonchev–Trinajstić information content (AvgIpc) is 3.01. The maximum absolute atomic E-state index is 11.9. The Bertz CT molecular complexity index is 459. The summed E-state index contributed by atoms with van der Waals surface area (Å²) in [6.07, 6.45) is 0.851. The van der Waals surface area contributed by atoms with Crippen molar-refractivity contribution in [2.45, 2.75) is 38.4 Å². The highest BCUT2D eigenvalue weighted by Crippen LogP contribution is 2.58. The van der Waals surface area contributed by atoms with Crippen molar-refractivity contribution in [2.24, 2.45) is 23.7 Å². The van der Waals surface area contributed by atoms with Gasteiger partial charge in [0.05, 0.1) is 18.9 Å². The SMILES string of the molecule is CCCC(=O)OC1C2CC3C1OC(=O)C3C2C(=O)OC. The molecule has 0 aromatic heterocycles. The van der Waals surface area contributed by atoms with E-state index in [2.05, 4.69) is 0 Å². The fraction of sp³-hybridized carbons (Fsp3) is 0.786. The fourth-order valence-electron chi connectivity index (χ4n) is 4.02. The number of esters is 3. The first-order valence-corrected chi connectivity index (χ1v) is 7.06. The minimum Gasteiger partial charge on any atom is -0.469 e. The molecule has 3 fully saturated rings. The van der Waals surface area contributed by atoms with Crippen LogP contribution < -0.4 is 0 Å². The van der Waals surface area contributed by atoms with Crippen molar-refractivity contribution in [3.8, 4) is 0 Å². The van der Waals surface area contributed by atoms with E-state index in [1.165, 1.54) is 7.11 Å². The molecule has 0 amide bonds. The van der Waals surface area contributed by atoms with Gasteiger partial charge in [0.1, 0.15) is 12.2 Å². The van der Waals surface area contributed by atoms with Crippen molar-refractivity contribution < 1.29 is 28.6 Å². The summed E-state index contributed by atoms with van der Waals surface area (Å²) < 4.78 is 15.6. The highest BCUT2D eigenvalue weighted by molar-refractivity contribution is 5.86. The van der Waals surface area contributed by atoms with Crippen LogP contribution >= 0.6 is 0 Å². The number of carbonyl (C=O) groups excluding carboxylic acids is 3. The van der Waals surface area contributed by atoms with Gasteiger partial charge in [-0.15, -0.1) is 0 Å². The van der Waals surface area contributed by atoms with E-state index < -0.39 is 23.9 Å². The fourth-order valence-corrected chi connectivity index (χ4v) is 4.02. The minimum atomic E-state index is -0.532. The van der Waals surface area contributed by atoms with Crippen LogP contribution in [0.2, 0.25) is 0 Å². The summed E-state index contributed by atoms with van der Waals surface area (Å²) in [6.45, 7) is 1.89. The Balaban J connectivity index is 1.82. The maximum atomic E-state index is 11.9. The van der Waals surface area contributed by atoms with E-state index in [0.717, 1.165) is 0 Å². The molecule has 6 nitrogen and oxygen atoms in total. The molecule has 1 saturated heterocycles. The molecule has 6 unspecified atom stereocenters. The Morgan fingerprint density at radius 2 is 2.10 bits per heavy atom. The topological polar surface area (TPSA) is 78.9 Å². The summed E-state index contributed by atoms with van der Waals surface area (Å²) in [6, 6.07) is 0. The van der Waals surface area contributed by atoms with E-state index in [0.29, 0.717) is 19.3 Å². The minimum absolute atomic E-state index is 0.0176. The number of hydrogen-bond acceptors (Lipinski definition) is 6. The van der Waals surface area contributed by atoms with Gasteiger partial charge in [0, 0.05) is 18.3 Å². The van der Waals surface area contributed by atoms with Gasteiger partial charge in [-0.3, -0.25) is 14.4 Å². The third-order valence-corrected chi connectivity index (χ3v) is 4.74. The summed E-state index contributed by atoms with van der Waals surface area (Å²) >= 11 is 0. The molecule has 1 heterocycles. The van der Waals surface area contributed by atoms with Crippen LogP contribution in [0.4, 0.5) is 0 Å². The lowest BCUT2D eigenvalue weighted by Crippen LogP contribution is -2.43. The van der Waals surface area contributed by atoms with Crippen LogP contribution in [-0.4, -0.2) is 37.2 Å². The lowest BCUT2D eigenvalue weighted by molar-refractivity contribution is -0.165. The molecule has 0 N–H and O–H groups in total. The molecule has 3 rings (SSSR count). The van der Waals surface area contributed by atoms with Crippen LogP contribution in [-0.2, 0) is 28.6 Å². The molecule has 1 aliphatic heterocycles. The van der Waals surface area contributed by atoms with Crippen LogP contribution in [0.5, 0.6) is 0 Å². The van der Waals surface area contributed by atoms with E-state index in [9.17, 15) is 14.4 Å².